The maximum Gasteiger partial charge on any atom is 0.331 e. The van der Waals surface area contributed by atoms with Crippen LogP contribution in [0.3, 0.4) is 0 Å². The Hall–Kier alpha value is -0.310. The van der Waals surface area contributed by atoms with Crippen molar-refractivity contribution in [3.8, 4) is 0 Å². The lowest BCUT2D eigenvalue weighted by atomic mass is 10.0. The molecule has 0 fully saturated rings. The van der Waals surface area contributed by atoms with Crippen molar-refractivity contribution in [2.24, 2.45) is 0 Å². The quantitative estimate of drug-likeness (QED) is 0.334. The molecule has 0 radical (unpaired) electrons. The summed E-state index contributed by atoms with van der Waals surface area (Å²) in [6, 6.07) is 0. The molecule has 0 aliphatic rings. The smallest absolute Gasteiger partial charge is 0.331 e. The van der Waals surface area contributed by atoms with Gasteiger partial charge in [-0.05, 0) is 12.8 Å². The van der Waals surface area contributed by atoms with Crippen molar-refractivity contribution in [3.63, 3.8) is 0 Å². The summed E-state index contributed by atoms with van der Waals surface area (Å²) < 4.78 is 0. The Kier molecular flexibility index (Phi) is 11.9. The minimum Gasteiger partial charge on any atom is -0.478 e. The first-order valence-electron chi connectivity index (χ1n) is 6.70. The van der Waals surface area contributed by atoms with E-state index in [2.05, 4.69) is 22.9 Å². The summed E-state index contributed by atoms with van der Waals surface area (Å²) in [4.78, 5) is 10.8. The van der Waals surface area contributed by atoms with Crippen LogP contribution in [0.5, 0.6) is 0 Å². The van der Waals surface area contributed by atoms with Crippen molar-refractivity contribution in [2.45, 2.75) is 64.7 Å². The van der Waals surface area contributed by atoms with Crippen LogP contribution < -0.4 is 0 Å². The standard InChI is InChI=1S/C14H25BrO2/c1-2-3-4-5-6-7-8-9-10-13(11-12-15)14(16)17/h11H,2-10,12H2,1H3,(H,16,17)/b13-11+. The lowest BCUT2D eigenvalue weighted by Gasteiger charge is -2.03. The van der Waals surface area contributed by atoms with E-state index in [9.17, 15) is 4.79 Å². The molecule has 0 aromatic carbocycles. The maximum absolute atomic E-state index is 10.8. The van der Waals surface area contributed by atoms with Gasteiger partial charge >= 0.3 is 5.97 Å². The lowest BCUT2D eigenvalue weighted by molar-refractivity contribution is -0.132. The van der Waals surface area contributed by atoms with Crippen LogP contribution in [0.4, 0.5) is 0 Å². The lowest BCUT2D eigenvalue weighted by Crippen LogP contribution is -2.01. The molecule has 0 bridgehead atoms. The molecule has 0 saturated carbocycles. The summed E-state index contributed by atoms with van der Waals surface area (Å²) in [6.07, 6.45) is 12.5. The molecule has 0 saturated heterocycles. The summed E-state index contributed by atoms with van der Waals surface area (Å²) >= 11 is 3.24. The minimum absolute atomic E-state index is 0.549. The Labute approximate surface area is 114 Å². The van der Waals surface area contributed by atoms with Gasteiger partial charge in [0.05, 0.1) is 0 Å². The van der Waals surface area contributed by atoms with Crippen molar-refractivity contribution in [2.75, 3.05) is 5.33 Å². The van der Waals surface area contributed by atoms with Crippen LogP contribution >= 0.6 is 15.9 Å². The Bertz CT molecular complexity index is 224. The summed E-state index contributed by atoms with van der Waals surface area (Å²) in [5.74, 6) is -0.771. The molecule has 3 heteroatoms. The third-order valence-electron chi connectivity index (χ3n) is 2.90. The highest BCUT2D eigenvalue weighted by Gasteiger charge is 2.05. The van der Waals surface area contributed by atoms with E-state index in [4.69, 9.17) is 5.11 Å². The largest absolute Gasteiger partial charge is 0.478 e. The third kappa shape index (κ3) is 10.6. The highest BCUT2D eigenvalue weighted by Crippen LogP contribution is 2.13. The molecule has 0 aliphatic heterocycles. The van der Waals surface area contributed by atoms with E-state index in [0.717, 1.165) is 12.8 Å². The van der Waals surface area contributed by atoms with Gasteiger partial charge in [-0.15, -0.1) is 0 Å². The maximum atomic E-state index is 10.8. The zero-order valence-corrected chi connectivity index (χ0v) is 12.5. The molecule has 0 heterocycles. The molecule has 0 atom stereocenters. The van der Waals surface area contributed by atoms with E-state index >= 15 is 0 Å². The molecule has 0 aromatic heterocycles. The fourth-order valence-corrected chi connectivity index (χ4v) is 2.23. The highest BCUT2D eigenvalue weighted by atomic mass is 79.9. The second-order valence-electron chi connectivity index (χ2n) is 4.41. The van der Waals surface area contributed by atoms with Crippen LogP contribution in [0, 0.1) is 0 Å². The van der Waals surface area contributed by atoms with Gasteiger partial charge in [-0.25, -0.2) is 4.79 Å². The second kappa shape index (κ2) is 12.2. The van der Waals surface area contributed by atoms with E-state index in [-0.39, 0.29) is 0 Å². The number of carboxylic acid groups (broad SMARTS) is 1. The second-order valence-corrected chi connectivity index (χ2v) is 5.06. The molecule has 0 aromatic rings. The molecular formula is C14H25BrO2. The first-order valence-corrected chi connectivity index (χ1v) is 7.82. The highest BCUT2D eigenvalue weighted by molar-refractivity contribution is 9.09. The van der Waals surface area contributed by atoms with Crippen molar-refractivity contribution >= 4 is 21.9 Å². The number of allylic oxidation sites excluding steroid dienone is 1. The van der Waals surface area contributed by atoms with Crippen LogP contribution in [0.15, 0.2) is 11.6 Å². The minimum atomic E-state index is -0.771. The van der Waals surface area contributed by atoms with Gasteiger partial charge in [0.25, 0.3) is 0 Å². The Morgan fingerprint density at radius 2 is 1.59 bits per heavy atom. The van der Waals surface area contributed by atoms with E-state index in [1.807, 2.05) is 0 Å². The van der Waals surface area contributed by atoms with Crippen LogP contribution in [0.2, 0.25) is 0 Å². The number of halogens is 1. The van der Waals surface area contributed by atoms with Crippen molar-refractivity contribution in [3.05, 3.63) is 11.6 Å². The molecule has 0 aliphatic carbocycles. The van der Waals surface area contributed by atoms with Crippen molar-refractivity contribution in [1.29, 1.82) is 0 Å². The number of carboxylic acids is 1. The SMILES string of the molecule is CCCCCCCCCC/C(=C\CBr)C(=O)O. The molecule has 2 nitrogen and oxygen atoms in total. The van der Waals surface area contributed by atoms with Crippen LogP contribution in [-0.4, -0.2) is 16.4 Å². The number of rotatable bonds is 11. The number of aliphatic carboxylic acids is 1. The molecule has 0 spiro atoms. The Balaban J connectivity index is 3.43. The molecule has 0 unspecified atom stereocenters. The normalized spacial score (nSPS) is 11.8. The first-order chi connectivity index (χ1) is 8.22. The third-order valence-corrected chi connectivity index (χ3v) is 3.22. The number of carbonyl (C=O) groups is 1. The number of hydrogen-bond donors (Lipinski definition) is 1. The van der Waals surface area contributed by atoms with Gasteiger partial charge in [0, 0.05) is 10.9 Å². The van der Waals surface area contributed by atoms with Crippen LogP contribution in [-0.2, 0) is 4.79 Å². The predicted molar refractivity (Wildman–Crippen MR) is 76.7 cm³/mol. The Morgan fingerprint density at radius 1 is 1.06 bits per heavy atom. The molecule has 1 N–H and O–H groups in total. The van der Waals surface area contributed by atoms with E-state index in [1.54, 1.807) is 6.08 Å². The van der Waals surface area contributed by atoms with E-state index in [1.165, 1.54) is 38.5 Å². The van der Waals surface area contributed by atoms with E-state index in [0.29, 0.717) is 17.3 Å². The van der Waals surface area contributed by atoms with Gasteiger partial charge in [-0.1, -0.05) is 73.9 Å². The Morgan fingerprint density at radius 3 is 2.06 bits per heavy atom. The van der Waals surface area contributed by atoms with E-state index < -0.39 is 5.97 Å². The molecule has 100 valence electrons. The summed E-state index contributed by atoms with van der Waals surface area (Å²) in [5, 5.41) is 9.55. The number of unbranched alkanes of at least 4 members (excludes halogenated alkanes) is 7. The summed E-state index contributed by atoms with van der Waals surface area (Å²) in [5.41, 5.74) is 0.549. The van der Waals surface area contributed by atoms with Crippen LogP contribution in [0.1, 0.15) is 64.7 Å². The zero-order chi connectivity index (χ0) is 12.9. The monoisotopic (exact) mass is 304 g/mol. The van der Waals surface area contributed by atoms with Gasteiger partial charge in [0.1, 0.15) is 0 Å². The van der Waals surface area contributed by atoms with Gasteiger partial charge in [0.15, 0.2) is 0 Å². The average Bonchev–Trinajstić information content (AvgIpc) is 2.31. The predicted octanol–water partition coefficient (Wildman–Crippen LogP) is 4.92. The fraction of sp³-hybridized carbons (Fsp3) is 0.786. The average molecular weight is 305 g/mol. The topological polar surface area (TPSA) is 37.3 Å². The molecular weight excluding hydrogens is 280 g/mol. The first kappa shape index (κ1) is 16.7. The summed E-state index contributed by atoms with van der Waals surface area (Å²) in [6.45, 7) is 2.23. The fourth-order valence-electron chi connectivity index (χ4n) is 1.84. The van der Waals surface area contributed by atoms with Gasteiger partial charge in [0.2, 0.25) is 0 Å². The number of hydrogen-bond acceptors (Lipinski definition) is 1. The van der Waals surface area contributed by atoms with Crippen molar-refractivity contribution < 1.29 is 9.90 Å². The van der Waals surface area contributed by atoms with Gasteiger partial charge < -0.3 is 5.11 Å². The molecule has 0 rings (SSSR count). The number of alkyl halides is 1. The van der Waals surface area contributed by atoms with Gasteiger partial charge in [-0.3, -0.25) is 0 Å². The van der Waals surface area contributed by atoms with Crippen molar-refractivity contribution in [1.82, 2.24) is 0 Å². The van der Waals surface area contributed by atoms with Gasteiger partial charge in [-0.2, -0.15) is 0 Å². The zero-order valence-electron chi connectivity index (χ0n) is 10.9. The summed E-state index contributed by atoms with van der Waals surface area (Å²) in [7, 11) is 0. The van der Waals surface area contributed by atoms with Crippen LogP contribution in [0.25, 0.3) is 0 Å². The molecule has 0 amide bonds. The molecule has 17 heavy (non-hydrogen) atoms.